The zero-order valence-corrected chi connectivity index (χ0v) is 23.0. The number of amides is 5. The standard InChI is InChI=1S/C28H37N5O7/c1-17(24(36)32-21(25(37)30-16-23(29)35)14-18-8-6-5-7-9-18)31-26(38)22(33-27(39)40-28(2,3)4)15-19-10-12-20(34)13-11-19/h5-13,17,21-22,34H,14-16H2,1-4H3,(H2,29,35)(H,30,37)(H,31,38)(H,32,36)(H,33,39)/t17-,21+,22+/m1/s1. The number of hydrogen-bond donors (Lipinski definition) is 6. The van der Waals surface area contributed by atoms with Gasteiger partial charge in [0.05, 0.1) is 6.54 Å². The molecule has 0 spiro atoms. The molecule has 0 aliphatic heterocycles. The highest BCUT2D eigenvalue weighted by Gasteiger charge is 2.29. The van der Waals surface area contributed by atoms with E-state index < -0.39 is 60.0 Å². The number of primary amides is 1. The number of alkyl carbamates (subject to hydrolysis) is 1. The van der Waals surface area contributed by atoms with Gasteiger partial charge in [-0.2, -0.15) is 0 Å². The Hall–Kier alpha value is -4.61. The summed E-state index contributed by atoms with van der Waals surface area (Å²) in [5, 5.41) is 19.6. The molecule has 0 heterocycles. The lowest BCUT2D eigenvalue weighted by Crippen LogP contribution is -2.57. The molecule has 7 N–H and O–H groups in total. The fourth-order valence-corrected chi connectivity index (χ4v) is 3.56. The van der Waals surface area contributed by atoms with Crippen molar-refractivity contribution in [1.82, 2.24) is 21.3 Å². The van der Waals surface area contributed by atoms with Gasteiger partial charge in [0.25, 0.3) is 0 Å². The van der Waals surface area contributed by atoms with Crippen molar-refractivity contribution in [3.05, 3.63) is 65.7 Å². The summed E-state index contributed by atoms with van der Waals surface area (Å²) in [5.74, 6) is -2.65. The van der Waals surface area contributed by atoms with Gasteiger partial charge in [0.1, 0.15) is 29.5 Å². The molecule has 2 rings (SSSR count). The third-order valence-corrected chi connectivity index (χ3v) is 5.49. The first-order chi connectivity index (χ1) is 18.7. The molecule has 12 nitrogen and oxygen atoms in total. The van der Waals surface area contributed by atoms with Crippen LogP contribution in [0.5, 0.6) is 5.75 Å². The second-order valence-electron chi connectivity index (χ2n) is 10.2. The fraction of sp³-hybridized carbons (Fsp3) is 0.393. The van der Waals surface area contributed by atoms with Gasteiger partial charge in [-0.3, -0.25) is 19.2 Å². The van der Waals surface area contributed by atoms with E-state index in [0.717, 1.165) is 5.56 Å². The molecule has 0 aliphatic rings. The van der Waals surface area contributed by atoms with E-state index in [-0.39, 0.29) is 18.6 Å². The van der Waals surface area contributed by atoms with Crippen LogP contribution >= 0.6 is 0 Å². The van der Waals surface area contributed by atoms with Crippen molar-refractivity contribution in [2.75, 3.05) is 6.54 Å². The molecule has 0 aromatic heterocycles. The Morgan fingerprint density at radius 1 is 0.800 bits per heavy atom. The summed E-state index contributed by atoms with van der Waals surface area (Å²) in [5.41, 5.74) is 5.71. The molecule has 0 saturated heterocycles. The Morgan fingerprint density at radius 2 is 1.35 bits per heavy atom. The lowest BCUT2D eigenvalue weighted by Gasteiger charge is -2.25. The maximum absolute atomic E-state index is 13.2. The zero-order valence-electron chi connectivity index (χ0n) is 23.0. The Balaban J connectivity index is 2.14. The zero-order chi connectivity index (χ0) is 29.9. The van der Waals surface area contributed by atoms with Gasteiger partial charge in [0.2, 0.25) is 23.6 Å². The first-order valence-electron chi connectivity index (χ1n) is 12.7. The SMILES string of the molecule is C[C@@H](NC(=O)[C@H](Cc1ccc(O)cc1)NC(=O)OC(C)(C)C)C(=O)N[C@@H](Cc1ccccc1)C(=O)NCC(N)=O. The predicted octanol–water partition coefficient (Wildman–Crippen LogP) is 0.662. The van der Waals surface area contributed by atoms with Crippen LogP contribution in [0.3, 0.4) is 0 Å². The maximum Gasteiger partial charge on any atom is 0.408 e. The van der Waals surface area contributed by atoms with Crippen LogP contribution in [0.2, 0.25) is 0 Å². The van der Waals surface area contributed by atoms with Gasteiger partial charge in [0, 0.05) is 12.8 Å². The van der Waals surface area contributed by atoms with E-state index in [2.05, 4.69) is 21.3 Å². The highest BCUT2D eigenvalue weighted by atomic mass is 16.6. The first-order valence-corrected chi connectivity index (χ1v) is 12.7. The van der Waals surface area contributed by atoms with E-state index in [0.29, 0.717) is 5.56 Å². The van der Waals surface area contributed by atoms with Gasteiger partial charge in [-0.1, -0.05) is 42.5 Å². The Kier molecular flexibility index (Phi) is 11.5. The van der Waals surface area contributed by atoms with Crippen molar-refractivity contribution in [2.24, 2.45) is 5.73 Å². The fourth-order valence-electron chi connectivity index (χ4n) is 3.56. The van der Waals surface area contributed by atoms with Crippen LogP contribution in [-0.2, 0) is 36.8 Å². The van der Waals surface area contributed by atoms with Gasteiger partial charge in [-0.15, -0.1) is 0 Å². The third kappa shape index (κ3) is 11.4. The number of aromatic hydroxyl groups is 1. The Morgan fingerprint density at radius 3 is 1.90 bits per heavy atom. The quantitative estimate of drug-likeness (QED) is 0.222. The molecule has 0 saturated carbocycles. The number of benzene rings is 2. The summed E-state index contributed by atoms with van der Waals surface area (Å²) in [7, 11) is 0. The summed E-state index contributed by atoms with van der Waals surface area (Å²) in [4.78, 5) is 62.4. The number of rotatable bonds is 12. The first kappa shape index (κ1) is 31.6. The lowest BCUT2D eigenvalue weighted by molar-refractivity contribution is -0.132. The second kappa shape index (κ2) is 14.5. The van der Waals surface area contributed by atoms with Gasteiger partial charge >= 0.3 is 6.09 Å². The molecule has 216 valence electrons. The number of carbonyl (C=O) groups excluding carboxylic acids is 5. The van der Waals surface area contributed by atoms with E-state index in [4.69, 9.17) is 10.5 Å². The van der Waals surface area contributed by atoms with Gasteiger partial charge in [-0.05, 0) is 51.0 Å². The van der Waals surface area contributed by atoms with Crippen LogP contribution < -0.4 is 27.0 Å². The third-order valence-electron chi connectivity index (χ3n) is 5.49. The van der Waals surface area contributed by atoms with Crippen molar-refractivity contribution in [3.63, 3.8) is 0 Å². The number of nitrogens with two attached hydrogens (primary N) is 1. The van der Waals surface area contributed by atoms with E-state index in [9.17, 15) is 29.1 Å². The molecule has 2 aromatic rings. The van der Waals surface area contributed by atoms with Crippen molar-refractivity contribution >= 4 is 29.7 Å². The van der Waals surface area contributed by atoms with Crippen LogP contribution in [0.15, 0.2) is 54.6 Å². The van der Waals surface area contributed by atoms with Crippen LogP contribution in [0.1, 0.15) is 38.8 Å². The smallest absolute Gasteiger partial charge is 0.408 e. The van der Waals surface area contributed by atoms with E-state index >= 15 is 0 Å². The predicted molar refractivity (Wildman–Crippen MR) is 147 cm³/mol. The number of phenolic OH excluding ortho intramolecular Hbond substituents is 1. The Bertz CT molecular complexity index is 1180. The van der Waals surface area contributed by atoms with Crippen LogP contribution in [0.25, 0.3) is 0 Å². The molecular weight excluding hydrogens is 518 g/mol. The molecule has 5 amide bonds. The average Bonchev–Trinajstić information content (AvgIpc) is 2.87. The van der Waals surface area contributed by atoms with Crippen LogP contribution in [-0.4, -0.2) is 65.1 Å². The topological polar surface area (TPSA) is 189 Å². The summed E-state index contributed by atoms with van der Waals surface area (Å²) in [6, 6.07) is 11.8. The minimum absolute atomic E-state index is 0.0417. The normalized spacial score (nSPS) is 13.2. The number of nitrogens with one attached hydrogen (secondary N) is 4. The summed E-state index contributed by atoms with van der Waals surface area (Å²) >= 11 is 0. The van der Waals surface area contributed by atoms with Crippen molar-refractivity contribution in [2.45, 2.75) is 64.3 Å². The molecule has 0 fully saturated rings. The minimum Gasteiger partial charge on any atom is -0.508 e. The summed E-state index contributed by atoms with van der Waals surface area (Å²) in [6.45, 7) is 6.07. The second-order valence-corrected chi connectivity index (χ2v) is 10.2. The molecular formula is C28H37N5O7. The monoisotopic (exact) mass is 555 g/mol. The lowest BCUT2D eigenvalue weighted by atomic mass is 10.0. The molecule has 3 atom stereocenters. The number of hydrogen-bond acceptors (Lipinski definition) is 7. The highest BCUT2D eigenvalue weighted by molar-refractivity contribution is 5.94. The summed E-state index contributed by atoms with van der Waals surface area (Å²) < 4.78 is 5.28. The van der Waals surface area contributed by atoms with Gasteiger partial charge in [-0.25, -0.2) is 4.79 Å². The number of carbonyl (C=O) groups is 5. The van der Waals surface area contributed by atoms with Crippen LogP contribution in [0, 0.1) is 0 Å². The largest absolute Gasteiger partial charge is 0.508 e. The molecule has 0 unspecified atom stereocenters. The molecule has 0 aliphatic carbocycles. The van der Waals surface area contributed by atoms with Crippen LogP contribution in [0.4, 0.5) is 4.79 Å². The molecule has 0 bridgehead atoms. The van der Waals surface area contributed by atoms with E-state index in [1.54, 1.807) is 57.2 Å². The number of ether oxygens (including phenoxy) is 1. The van der Waals surface area contributed by atoms with Gasteiger partial charge < -0.3 is 36.8 Å². The average molecular weight is 556 g/mol. The maximum atomic E-state index is 13.2. The van der Waals surface area contributed by atoms with Gasteiger partial charge in [0.15, 0.2) is 0 Å². The van der Waals surface area contributed by atoms with Crippen molar-refractivity contribution < 1.29 is 33.8 Å². The molecule has 0 radical (unpaired) electrons. The molecule has 2 aromatic carbocycles. The van der Waals surface area contributed by atoms with Crippen molar-refractivity contribution in [1.29, 1.82) is 0 Å². The van der Waals surface area contributed by atoms with Crippen molar-refractivity contribution in [3.8, 4) is 5.75 Å². The summed E-state index contributed by atoms with van der Waals surface area (Å²) in [6.07, 6.45) is -0.648. The Labute approximate surface area is 233 Å². The van der Waals surface area contributed by atoms with E-state index in [1.165, 1.54) is 19.1 Å². The van der Waals surface area contributed by atoms with E-state index in [1.807, 2.05) is 6.07 Å². The molecule has 12 heteroatoms. The number of phenols is 1. The minimum atomic E-state index is -1.12. The highest BCUT2D eigenvalue weighted by Crippen LogP contribution is 2.13. The molecule has 40 heavy (non-hydrogen) atoms.